The van der Waals surface area contributed by atoms with Crippen molar-refractivity contribution in [1.82, 2.24) is 0 Å². The zero-order chi connectivity index (χ0) is 14.8. The van der Waals surface area contributed by atoms with Gasteiger partial charge < -0.3 is 5.32 Å². The molecule has 0 aromatic heterocycles. The van der Waals surface area contributed by atoms with Gasteiger partial charge in [0.25, 0.3) is 0 Å². The Morgan fingerprint density at radius 3 is 2.10 bits per heavy atom. The van der Waals surface area contributed by atoms with Gasteiger partial charge in [-0.1, -0.05) is 50.0 Å². The second-order valence-electron chi connectivity index (χ2n) is 7.06. The van der Waals surface area contributed by atoms with E-state index in [9.17, 15) is 0 Å². The lowest BCUT2D eigenvalue weighted by Crippen LogP contribution is -2.28. The van der Waals surface area contributed by atoms with E-state index in [1.54, 1.807) is 0 Å². The maximum Gasteiger partial charge on any atom is 0.0719 e. The van der Waals surface area contributed by atoms with Crippen molar-refractivity contribution in [3.8, 4) is 0 Å². The van der Waals surface area contributed by atoms with Gasteiger partial charge in [0.15, 0.2) is 0 Å². The molecule has 1 aliphatic rings. The van der Waals surface area contributed by atoms with E-state index in [1.807, 2.05) is 18.2 Å². The molecule has 1 aromatic carbocycles. The third kappa shape index (κ3) is 4.05. The molecular weight excluding hydrogens is 289 g/mol. The van der Waals surface area contributed by atoms with Gasteiger partial charge >= 0.3 is 0 Å². The predicted octanol–water partition coefficient (Wildman–Crippen LogP) is 6.26. The van der Waals surface area contributed by atoms with Crippen molar-refractivity contribution >= 4 is 28.9 Å². The van der Waals surface area contributed by atoms with Gasteiger partial charge in [-0.25, -0.2) is 0 Å². The molecule has 0 bridgehead atoms. The van der Waals surface area contributed by atoms with Crippen molar-refractivity contribution in [2.24, 2.45) is 17.3 Å². The minimum Gasteiger partial charge on any atom is -0.382 e. The number of hydrogen-bond donors (Lipinski definition) is 1. The van der Waals surface area contributed by atoms with E-state index < -0.39 is 0 Å². The Morgan fingerprint density at radius 1 is 1.05 bits per heavy atom. The van der Waals surface area contributed by atoms with Crippen LogP contribution in [0.5, 0.6) is 0 Å². The standard InChI is InChI=1S/C17H25Cl2N/c1-17(2,3)13-9-7-12(8-10-13)11-20-16-14(18)5-4-6-15(16)19/h4-6,12-13,20H,7-11H2,1-3H3. The van der Waals surface area contributed by atoms with E-state index in [2.05, 4.69) is 26.1 Å². The molecule has 3 heteroatoms. The fourth-order valence-electron chi connectivity index (χ4n) is 3.15. The average Bonchev–Trinajstić information content (AvgIpc) is 2.37. The zero-order valence-electron chi connectivity index (χ0n) is 12.7. The van der Waals surface area contributed by atoms with E-state index in [1.165, 1.54) is 25.7 Å². The summed E-state index contributed by atoms with van der Waals surface area (Å²) in [4.78, 5) is 0. The van der Waals surface area contributed by atoms with Crippen LogP contribution in [0.4, 0.5) is 5.69 Å². The molecule has 0 spiro atoms. The highest BCUT2D eigenvalue weighted by molar-refractivity contribution is 6.39. The molecule has 1 N–H and O–H groups in total. The Hall–Kier alpha value is -0.400. The summed E-state index contributed by atoms with van der Waals surface area (Å²) in [5.41, 5.74) is 1.33. The van der Waals surface area contributed by atoms with Crippen LogP contribution in [0.25, 0.3) is 0 Å². The van der Waals surface area contributed by atoms with E-state index in [0.29, 0.717) is 15.5 Å². The van der Waals surface area contributed by atoms with Crippen LogP contribution in [0.3, 0.4) is 0 Å². The van der Waals surface area contributed by atoms with E-state index >= 15 is 0 Å². The number of para-hydroxylation sites is 1. The molecule has 1 saturated carbocycles. The summed E-state index contributed by atoms with van der Waals surface area (Å²) in [7, 11) is 0. The van der Waals surface area contributed by atoms with Crippen LogP contribution < -0.4 is 5.32 Å². The van der Waals surface area contributed by atoms with Gasteiger partial charge in [0.1, 0.15) is 0 Å². The number of benzene rings is 1. The highest BCUT2D eigenvalue weighted by Gasteiger charge is 2.29. The first-order valence-corrected chi connectivity index (χ1v) is 8.31. The fourth-order valence-corrected chi connectivity index (χ4v) is 3.68. The zero-order valence-corrected chi connectivity index (χ0v) is 14.2. The second kappa shape index (κ2) is 6.58. The van der Waals surface area contributed by atoms with Crippen molar-refractivity contribution in [2.45, 2.75) is 46.5 Å². The van der Waals surface area contributed by atoms with Crippen LogP contribution >= 0.6 is 23.2 Å². The number of halogens is 2. The molecule has 1 aliphatic carbocycles. The Bertz CT molecular complexity index is 423. The maximum atomic E-state index is 6.18. The molecule has 0 saturated heterocycles. The van der Waals surface area contributed by atoms with Gasteiger partial charge in [0.05, 0.1) is 15.7 Å². The van der Waals surface area contributed by atoms with Crippen LogP contribution in [0, 0.1) is 17.3 Å². The Labute approximate surface area is 133 Å². The summed E-state index contributed by atoms with van der Waals surface area (Å²) >= 11 is 12.4. The van der Waals surface area contributed by atoms with Crippen molar-refractivity contribution in [3.05, 3.63) is 28.2 Å². The molecule has 1 fully saturated rings. The van der Waals surface area contributed by atoms with Gasteiger partial charge in [-0.15, -0.1) is 0 Å². The van der Waals surface area contributed by atoms with Gasteiger partial charge in [0, 0.05) is 6.54 Å². The van der Waals surface area contributed by atoms with Gasteiger partial charge in [-0.05, 0) is 55.1 Å². The summed E-state index contributed by atoms with van der Waals surface area (Å²) in [5.74, 6) is 1.60. The molecule has 0 radical (unpaired) electrons. The maximum absolute atomic E-state index is 6.18. The number of anilines is 1. The predicted molar refractivity (Wildman–Crippen MR) is 89.9 cm³/mol. The molecule has 0 amide bonds. The molecule has 0 atom stereocenters. The summed E-state index contributed by atoms with van der Waals surface area (Å²) in [6, 6.07) is 5.64. The largest absolute Gasteiger partial charge is 0.382 e. The Kier molecular flexibility index (Phi) is 5.25. The topological polar surface area (TPSA) is 12.0 Å². The molecule has 112 valence electrons. The van der Waals surface area contributed by atoms with E-state index in [4.69, 9.17) is 23.2 Å². The van der Waals surface area contributed by atoms with Crippen LogP contribution in [0.2, 0.25) is 10.0 Å². The first kappa shape index (κ1) is 16.0. The van der Waals surface area contributed by atoms with E-state index in [-0.39, 0.29) is 0 Å². The lowest BCUT2D eigenvalue weighted by Gasteiger charge is -2.37. The molecule has 2 rings (SSSR count). The fraction of sp³-hybridized carbons (Fsp3) is 0.647. The third-order valence-corrected chi connectivity index (χ3v) is 5.23. The minimum absolute atomic E-state index is 0.449. The third-order valence-electron chi connectivity index (χ3n) is 4.60. The van der Waals surface area contributed by atoms with Gasteiger partial charge in [-0.2, -0.15) is 0 Å². The SMILES string of the molecule is CC(C)(C)C1CCC(CNc2c(Cl)cccc2Cl)CC1. The van der Waals surface area contributed by atoms with Crippen molar-refractivity contribution < 1.29 is 0 Å². The molecule has 1 aromatic rings. The minimum atomic E-state index is 0.449. The van der Waals surface area contributed by atoms with Crippen LogP contribution in [-0.4, -0.2) is 6.54 Å². The van der Waals surface area contributed by atoms with Crippen molar-refractivity contribution in [3.63, 3.8) is 0 Å². The van der Waals surface area contributed by atoms with Gasteiger partial charge in [0.2, 0.25) is 0 Å². The van der Waals surface area contributed by atoms with Crippen molar-refractivity contribution in [2.75, 3.05) is 11.9 Å². The highest BCUT2D eigenvalue weighted by atomic mass is 35.5. The molecule has 0 unspecified atom stereocenters. The number of rotatable bonds is 3. The smallest absolute Gasteiger partial charge is 0.0719 e. The van der Waals surface area contributed by atoms with E-state index in [0.717, 1.165) is 24.1 Å². The van der Waals surface area contributed by atoms with Gasteiger partial charge in [-0.3, -0.25) is 0 Å². The molecule has 0 heterocycles. The molecule has 0 aliphatic heterocycles. The molecular formula is C17H25Cl2N. The summed E-state index contributed by atoms with van der Waals surface area (Å²) in [5, 5.41) is 4.86. The van der Waals surface area contributed by atoms with Crippen LogP contribution in [0.15, 0.2) is 18.2 Å². The monoisotopic (exact) mass is 313 g/mol. The summed E-state index contributed by atoms with van der Waals surface area (Å²) < 4.78 is 0. The quantitative estimate of drug-likeness (QED) is 0.694. The number of hydrogen-bond acceptors (Lipinski definition) is 1. The highest BCUT2D eigenvalue weighted by Crippen LogP contribution is 2.40. The normalized spacial score (nSPS) is 23.6. The molecule has 20 heavy (non-hydrogen) atoms. The lowest BCUT2D eigenvalue weighted by molar-refractivity contribution is 0.153. The first-order valence-electron chi connectivity index (χ1n) is 7.56. The van der Waals surface area contributed by atoms with Crippen LogP contribution in [0.1, 0.15) is 46.5 Å². The van der Waals surface area contributed by atoms with Crippen LogP contribution in [-0.2, 0) is 0 Å². The average molecular weight is 314 g/mol. The summed E-state index contributed by atoms with van der Waals surface area (Å²) in [6.45, 7) is 8.06. The first-order chi connectivity index (χ1) is 9.38. The Balaban J connectivity index is 1.85. The summed E-state index contributed by atoms with van der Waals surface area (Å²) in [6.07, 6.45) is 5.28. The molecule has 1 nitrogen and oxygen atoms in total. The number of nitrogens with one attached hydrogen (secondary N) is 1. The Morgan fingerprint density at radius 2 is 1.60 bits per heavy atom. The second-order valence-corrected chi connectivity index (χ2v) is 7.88. The lowest BCUT2D eigenvalue weighted by atomic mass is 9.70. The van der Waals surface area contributed by atoms with Crippen molar-refractivity contribution in [1.29, 1.82) is 0 Å².